The van der Waals surface area contributed by atoms with Crippen molar-refractivity contribution in [1.82, 2.24) is 9.97 Å². The van der Waals surface area contributed by atoms with E-state index in [1.54, 1.807) is 12.4 Å². The molecule has 4 heteroatoms. The summed E-state index contributed by atoms with van der Waals surface area (Å²) in [5, 5.41) is 11.7. The molecule has 0 radical (unpaired) electrons. The maximum absolute atomic E-state index is 10.7. The zero-order valence-electron chi connectivity index (χ0n) is 12.3. The van der Waals surface area contributed by atoms with E-state index in [0.717, 1.165) is 27.9 Å². The molecule has 4 rings (SSSR count). The minimum Gasteiger partial charge on any atom is -0.456 e. The Labute approximate surface area is 133 Å². The molecule has 2 aromatic heterocycles. The zero-order valence-corrected chi connectivity index (χ0v) is 12.3. The molecule has 112 valence electrons. The van der Waals surface area contributed by atoms with Crippen LogP contribution in [-0.4, -0.2) is 15.1 Å². The third-order valence-electron chi connectivity index (χ3n) is 3.84. The van der Waals surface area contributed by atoms with Gasteiger partial charge in [-0.15, -0.1) is 0 Å². The molecule has 2 aromatic carbocycles. The third-order valence-corrected chi connectivity index (χ3v) is 3.84. The van der Waals surface area contributed by atoms with E-state index in [9.17, 15) is 5.11 Å². The fourth-order valence-electron chi connectivity index (χ4n) is 2.71. The lowest BCUT2D eigenvalue weighted by Gasteiger charge is -2.14. The number of furan rings is 1. The summed E-state index contributed by atoms with van der Waals surface area (Å²) in [4.78, 5) is 7.95. The van der Waals surface area contributed by atoms with Crippen LogP contribution in [0.25, 0.3) is 22.3 Å². The maximum atomic E-state index is 10.7. The molecular formula is C19H14N2O2. The highest BCUT2D eigenvalue weighted by atomic mass is 16.3. The van der Waals surface area contributed by atoms with E-state index in [1.165, 1.54) is 6.33 Å². The Kier molecular flexibility index (Phi) is 3.37. The highest BCUT2D eigenvalue weighted by molar-refractivity contribution is 5.83. The molecule has 1 unspecified atom stereocenters. The molecule has 2 heterocycles. The summed E-state index contributed by atoms with van der Waals surface area (Å²) in [6.45, 7) is 0. The summed E-state index contributed by atoms with van der Waals surface area (Å²) in [5.74, 6) is 0.734. The number of para-hydroxylation sites is 1. The van der Waals surface area contributed by atoms with Crippen LogP contribution in [0.4, 0.5) is 0 Å². The van der Waals surface area contributed by atoms with Crippen molar-refractivity contribution in [3.8, 4) is 11.3 Å². The number of hydrogen-bond donors (Lipinski definition) is 1. The van der Waals surface area contributed by atoms with Crippen LogP contribution < -0.4 is 0 Å². The summed E-state index contributed by atoms with van der Waals surface area (Å²) in [6.07, 6.45) is 3.88. The van der Waals surface area contributed by atoms with E-state index < -0.39 is 6.10 Å². The van der Waals surface area contributed by atoms with Gasteiger partial charge in [0.05, 0.1) is 0 Å². The van der Waals surface area contributed by atoms with Gasteiger partial charge in [-0.2, -0.15) is 0 Å². The van der Waals surface area contributed by atoms with E-state index in [4.69, 9.17) is 4.42 Å². The predicted molar refractivity (Wildman–Crippen MR) is 87.7 cm³/mol. The van der Waals surface area contributed by atoms with Gasteiger partial charge in [0.2, 0.25) is 0 Å². The van der Waals surface area contributed by atoms with Crippen LogP contribution in [0.3, 0.4) is 0 Å². The summed E-state index contributed by atoms with van der Waals surface area (Å²) >= 11 is 0. The minimum absolute atomic E-state index is 0.649. The van der Waals surface area contributed by atoms with Gasteiger partial charge in [0.25, 0.3) is 0 Å². The highest BCUT2D eigenvalue weighted by Crippen LogP contribution is 2.34. The Balaban J connectivity index is 1.84. The minimum atomic E-state index is -0.805. The summed E-state index contributed by atoms with van der Waals surface area (Å²) < 4.78 is 5.94. The van der Waals surface area contributed by atoms with Gasteiger partial charge in [0.1, 0.15) is 23.8 Å². The summed E-state index contributed by atoms with van der Waals surface area (Å²) in [6, 6.07) is 17.5. The van der Waals surface area contributed by atoms with Gasteiger partial charge < -0.3 is 9.52 Å². The van der Waals surface area contributed by atoms with Crippen molar-refractivity contribution in [1.29, 1.82) is 0 Å². The predicted octanol–water partition coefficient (Wildman–Crippen LogP) is 3.97. The van der Waals surface area contributed by atoms with Crippen molar-refractivity contribution in [3.63, 3.8) is 0 Å². The first kappa shape index (κ1) is 13.7. The fourth-order valence-corrected chi connectivity index (χ4v) is 2.71. The van der Waals surface area contributed by atoms with Crippen molar-refractivity contribution in [3.05, 3.63) is 84.4 Å². The number of aliphatic hydroxyl groups excluding tert-OH is 1. The summed E-state index contributed by atoms with van der Waals surface area (Å²) in [5.41, 5.74) is 3.10. The molecular weight excluding hydrogens is 288 g/mol. The van der Waals surface area contributed by atoms with Gasteiger partial charge >= 0.3 is 0 Å². The molecule has 0 aliphatic rings. The van der Waals surface area contributed by atoms with Gasteiger partial charge in [0.15, 0.2) is 0 Å². The smallest absolute Gasteiger partial charge is 0.135 e. The molecule has 0 aliphatic carbocycles. The number of rotatable bonds is 3. The normalized spacial score (nSPS) is 12.4. The first-order chi connectivity index (χ1) is 11.3. The Hall–Kier alpha value is -2.98. The van der Waals surface area contributed by atoms with Gasteiger partial charge in [-0.1, -0.05) is 42.5 Å². The molecule has 0 saturated heterocycles. The number of nitrogens with zero attached hydrogens (tertiary/aromatic N) is 2. The molecule has 0 bridgehead atoms. The van der Waals surface area contributed by atoms with Gasteiger partial charge in [-0.05, 0) is 17.7 Å². The van der Waals surface area contributed by atoms with E-state index in [2.05, 4.69) is 9.97 Å². The molecule has 0 amide bonds. The van der Waals surface area contributed by atoms with Crippen molar-refractivity contribution in [2.45, 2.75) is 6.10 Å². The van der Waals surface area contributed by atoms with Crippen LogP contribution in [0, 0.1) is 0 Å². The second-order valence-corrected chi connectivity index (χ2v) is 5.31. The van der Waals surface area contributed by atoms with Gasteiger partial charge in [0, 0.05) is 28.9 Å². The van der Waals surface area contributed by atoms with Crippen LogP contribution >= 0.6 is 0 Å². The van der Waals surface area contributed by atoms with Crippen LogP contribution in [0.5, 0.6) is 0 Å². The molecule has 1 atom stereocenters. The van der Waals surface area contributed by atoms with Crippen LogP contribution in [0.1, 0.15) is 17.2 Å². The van der Waals surface area contributed by atoms with Crippen LogP contribution in [0.15, 0.2) is 77.7 Å². The monoisotopic (exact) mass is 302 g/mol. The van der Waals surface area contributed by atoms with Crippen molar-refractivity contribution < 1.29 is 9.52 Å². The van der Waals surface area contributed by atoms with Gasteiger partial charge in [-0.3, -0.25) is 0 Å². The van der Waals surface area contributed by atoms with Crippen molar-refractivity contribution >= 4 is 11.0 Å². The number of benzene rings is 2. The average Bonchev–Trinajstić information content (AvgIpc) is 3.06. The van der Waals surface area contributed by atoms with Crippen molar-refractivity contribution in [2.75, 3.05) is 0 Å². The molecule has 4 aromatic rings. The number of aliphatic hydroxyl groups is 1. The number of fused-ring (bicyclic) bond motifs is 1. The Morgan fingerprint density at radius 1 is 0.913 bits per heavy atom. The summed E-state index contributed by atoms with van der Waals surface area (Å²) in [7, 11) is 0. The van der Waals surface area contributed by atoms with E-state index in [1.807, 2.05) is 54.6 Å². The SMILES string of the molecule is OC(c1cncnc1)c1ccccc1-c1cc2ccccc2o1. The van der Waals surface area contributed by atoms with E-state index >= 15 is 0 Å². The Morgan fingerprint density at radius 2 is 1.65 bits per heavy atom. The maximum Gasteiger partial charge on any atom is 0.135 e. The molecule has 23 heavy (non-hydrogen) atoms. The second-order valence-electron chi connectivity index (χ2n) is 5.31. The lowest BCUT2D eigenvalue weighted by atomic mass is 9.97. The van der Waals surface area contributed by atoms with Crippen LogP contribution in [0.2, 0.25) is 0 Å². The number of aromatic nitrogens is 2. The average molecular weight is 302 g/mol. The Morgan fingerprint density at radius 3 is 2.48 bits per heavy atom. The topological polar surface area (TPSA) is 59.2 Å². The van der Waals surface area contributed by atoms with E-state index in [-0.39, 0.29) is 0 Å². The fraction of sp³-hybridized carbons (Fsp3) is 0.0526. The number of hydrogen-bond acceptors (Lipinski definition) is 4. The van der Waals surface area contributed by atoms with Crippen LogP contribution in [-0.2, 0) is 0 Å². The first-order valence-corrected chi connectivity index (χ1v) is 7.34. The quantitative estimate of drug-likeness (QED) is 0.622. The highest BCUT2D eigenvalue weighted by Gasteiger charge is 2.18. The molecule has 0 aliphatic heterocycles. The molecule has 1 N–H and O–H groups in total. The van der Waals surface area contributed by atoms with E-state index in [0.29, 0.717) is 5.56 Å². The standard InChI is InChI=1S/C19H14N2O2/c22-19(14-10-20-12-21-11-14)16-7-3-2-6-15(16)18-9-13-5-1-4-8-17(13)23-18/h1-12,19,22H. The molecule has 4 nitrogen and oxygen atoms in total. The lowest BCUT2D eigenvalue weighted by Crippen LogP contribution is -2.02. The van der Waals surface area contributed by atoms with Crippen molar-refractivity contribution in [2.24, 2.45) is 0 Å². The third kappa shape index (κ3) is 2.49. The molecule has 0 saturated carbocycles. The molecule has 0 spiro atoms. The Bertz CT molecular complexity index is 915. The largest absolute Gasteiger partial charge is 0.456 e. The first-order valence-electron chi connectivity index (χ1n) is 7.34. The van der Waals surface area contributed by atoms with Gasteiger partial charge in [-0.25, -0.2) is 9.97 Å². The second kappa shape index (κ2) is 5.66. The zero-order chi connectivity index (χ0) is 15.6. The molecule has 0 fully saturated rings. The lowest BCUT2D eigenvalue weighted by molar-refractivity contribution is 0.219.